The van der Waals surface area contributed by atoms with Crippen LogP contribution in [0.3, 0.4) is 0 Å². The molecule has 3 heteroatoms. The largest absolute Gasteiger partial charge is 0.508 e. The zero-order valence-electron chi connectivity index (χ0n) is 16.9. The lowest BCUT2D eigenvalue weighted by molar-refractivity contribution is 0.471. The Bertz CT molecular complexity index is 968. The second kappa shape index (κ2) is 8.60. The molecule has 3 nitrogen and oxygen atoms in total. The van der Waals surface area contributed by atoms with Gasteiger partial charge in [-0.2, -0.15) is 0 Å². The van der Waals surface area contributed by atoms with Crippen molar-refractivity contribution in [1.82, 2.24) is 0 Å². The molecule has 1 aliphatic rings. The summed E-state index contributed by atoms with van der Waals surface area (Å²) in [7, 11) is 0. The normalized spacial score (nSPS) is 16.8. The smallest absolute Gasteiger partial charge is 0.117 e. The van der Waals surface area contributed by atoms with Gasteiger partial charge in [0.1, 0.15) is 11.5 Å². The van der Waals surface area contributed by atoms with Crippen molar-refractivity contribution in [1.29, 1.82) is 0 Å². The third-order valence-electron chi connectivity index (χ3n) is 6.07. The predicted molar refractivity (Wildman–Crippen MR) is 119 cm³/mol. The zero-order valence-corrected chi connectivity index (χ0v) is 16.9. The van der Waals surface area contributed by atoms with E-state index in [1.165, 1.54) is 22.3 Å². The average molecular weight is 388 g/mol. The van der Waals surface area contributed by atoms with Crippen LogP contribution in [0, 0.1) is 0 Å². The molecule has 0 bridgehead atoms. The minimum atomic E-state index is 0.298. The van der Waals surface area contributed by atoms with Crippen LogP contribution >= 0.6 is 0 Å². The van der Waals surface area contributed by atoms with Gasteiger partial charge in [0.2, 0.25) is 0 Å². The number of aryl methyl sites for hydroxylation is 1. The summed E-state index contributed by atoms with van der Waals surface area (Å²) in [4.78, 5) is 0. The van der Waals surface area contributed by atoms with E-state index in [9.17, 15) is 10.2 Å². The van der Waals surface area contributed by atoms with Gasteiger partial charge in [0.05, 0.1) is 0 Å². The van der Waals surface area contributed by atoms with Crippen LogP contribution in [0.5, 0.6) is 11.5 Å². The van der Waals surface area contributed by atoms with Crippen LogP contribution in [0.1, 0.15) is 47.9 Å². The summed E-state index contributed by atoms with van der Waals surface area (Å²) < 4.78 is 0. The van der Waals surface area contributed by atoms with Crippen molar-refractivity contribution in [3.63, 3.8) is 0 Å². The molecule has 4 rings (SSSR count). The molecule has 0 heterocycles. The molecule has 2 unspecified atom stereocenters. The van der Waals surface area contributed by atoms with E-state index >= 15 is 0 Å². The van der Waals surface area contributed by atoms with Gasteiger partial charge in [0.15, 0.2) is 0 Å². The maximum absolute atomic E-state index is 10.1. The monoisotopic (exact) mass is 387 g/mol. The van der Waals surface area contributed by atoms with E-state index in [4.69, 9.17) is 0 Å². The number of anilines is 1. The number of rotatable bonds is 6. The van der Waals surface area contributed by atoms with Crippen LogP contribution < -0.4 is 5.32 Å². The third kappa shape index (κ3) is 4.56. The molecule has 0 aromatic heterocycles. The van der Waals surface area contributed by atoms with Gasteiger partial charge in [-0.05, 0) is 78.5 Å². The third-order valence-corrected chi connectivity index (χ3v) is 6.07. The fraction of sp³-hybridized carbons (Fsp3) is 0.308. The number of nitrogens with one attached hydrogen (secondary N) is 1. The van der Waals surface area contributed by atoms with Gasteiger partial charge in [0, 0.05) is 17.8 Å². The highest BCUT2D eigenvalue weighted by molar-refractivity contribution is 5.58. The molecule has 3 aromatic carbocycles. The predicted octanol–water partition coefficient (Wildman–Crippen LogP) is 5.80. The molecule has 0 saturated heterocycles. The fourth-order valence-electron chi connectivity index (χ4n) is 4.45. The Morgan fingerprint density at radius 3 is 2.48 bits per heavy atom. The number of phenolic OH excluding ortho intramolecular Hbond substituents is 2. The Balaban J connectivity index is 1.56. The Hall–Kier alpha value is -2.94. The molecular formula is C26H29NO2. The first-order chi connectivity index (χ1) is 14.1. The summed E-state index contributed by atoms with van der Waals surface area (Å²) in [5.41, 5.74) is 6.20. The number of aromatic hydroxyl groups is 2. The summed E-state index contributed by atoms with van der Waals surface area (Å²) in [6.45, 7) is 2.20. The SMILES string of the molecule is CCC(Cc1ccccc1)Nc1cc(O)ccc1C1CCc2cc(O)ccc2C1. The van der Waals surface area contributed by atoms with Crippen LogP contribution in [0.4, 0.5) is 5.69 Å². The molecule has 2 atom stereocenters. The van der Waals surface area contributed by atoms with Crippen molar-refractivity contribution >= 4 is 5.69 Å². The summed E-state index contributed by atoms with van der Waals surface area (Å²) in [5, 5.41) is 23.6. The van der Waals surface area contributed by atoms with Gasteiger partial charge in [-0.25, -0.2) is 0 Å². The highest BCUT2D eigenvalue weighted by Crippen LogP contribution is 2.38. The van der Waals surface area contributed by atoms with E-state index in [0.717, 1.165) is 37.8 Å². The van der Waals surface area contributed by atoms with Crippen LogP contribution in [0.2, 0.25) is 0 Å². The summed E-state index contributed by atoms with van der Waals surface area (Å²) in [5.74, 6) is 1.05. The Morgan fingerprint density at radius 1 is 0.931 bits per heavy atom. The molecule has 0 aliphatic heterocycles. The molecule has 29 heavy (non-hydrogen) atoms. The molecule has 0 amide bonds. The van der Waals surface area contributed by atoms with E-state index in [2.05, 4.69) is 48.6 Å². The first-order valence-electron chi connectivity index (χ1n) is 10.6. The lowest BCUT2D eigenvalue weighted by Gasteiger charge is -2.29. The molecule has 150 valence electrons. The fourth-order valence-corrected chi connectivity index (χ4v) is 4.45. The summed E-state index contributed by atoms with van der Waals surface area (Å²) in [6.07, 6.45) is 4.95. The number of phenols is 2. The van der Waals surface area contributed by atoms with Crippen LogP contribution in [-0.2, 0) is 19.3 Å². The summed E-state index contributed by atoms with van der Waals surface area (Å²) in [6, 6.07) is 22.3. The van der Waals surface area contributed by atoms with E-state index in [-0.39, 0.29) is 0 Å². The highest BCUT2D eigenvalue weighted by Gasteiger charge is 2.23. The lowest BCUT2D eigenvalue weighted by atomic mass is 9.79. The van der Waals surface area contributed by atoms with Crippen molar-refractivity contribution in [3.8, 4) is 11.5 Å². The first kappa shape index (κ1) is 19.4. The van der Waals surface area contributed by atoms with E-state index in [1.807, 2.05) is 18.2 Å². The Kier molecular flexibility index (Phi) is 5.75. The maximum atomic E-state index is 10.1. The average Bonchev–Trinajstić information content (AvgIpc) is 2.74. The molecule has 3 aromatic rings. The zero-order chi connectivity index (χ0) is 20.2. The van der Waals surface area contributed by atoms with Gasteiger partial charge in [-0.1, -0.05) is 49.4 Å². The minimum absolute atomic E-state index is 0.298. The van der Waals surface area contributed by atoms with Crippen LogP contribution in [0.25, 0.3) is 0 Å². The van der Waals surface area contributed by atoms with E-state index < -0.39 is 0 Å². The molecule has 0 saturated carbocycles. The molecule has 3 N–H and O–H groups in total. The van der Waals surface area contributed by atoms with Crippen LogP contribution in [-0.4, -0.2) is 16.3 Å². The van der Waals surface area contributed by atoms with Crippen molar-refractivity contribution in [2.45, 2.75) is 51.0 Å². The van der Waals surface area contributed by atoms with Gasteiger partial charge in [-0.15, -0.1) is 0 Å². The number of benzene rings is 3. The highest BCUT2D eigenvalue weighted by atomic mass is 16.3. The minimum Gasteiger partial charge on any atom is -0.508 e. The molecule has 0 spiro atoms. The second-order valence-corrected chi connectivity index (χ2v) is 8.10. The first-order valence-corrected chi connectivity index (χ1v) is 10.6. The quantitative estimate of drug-likeness (QED) is 0.501. The van der Waals surface area contributed by atoms with Crippen molar-refractivity contribution in [2.24, 2.45) is 0 Å². The Morgan fingerprint density at radius 2 is 1.69 bits per heavy atom. The topological polar surface area (TPSA) is 52.5 Å². The summed E-state index contributed by atoms with van der Waals surface area (Å²) >= 11 is 0. The standard InChI is InChI=1S/C26H29NO2/c1-2-22(14-18-6-4-3-5-7-18)27-26-17-24(29)12-13-25(26)21-9-8-20-16-23(28)11-10-19(20)15-21/h3-7,10-13,16-17,21-22,27-29H,2,8-9,14-15H2,1H3. The number of hydrogen-bond donors (Lipinski definition) is 3. The van der Waals surface area contributed by atoms with Crippen LogP contribution in [0.15, 0.2) is 66.7 Å². The van der Waals surface area contributed by atoms with Gasteiger partial charge in [0.25, 0.3) is 0 Å². The number of fused-ring (bicyclic) bond motifs is 1. The van der Waals surface area contributed by atoms with E-state index in [0.29, 0.717) is 23.5 Å². The second-order valence-electron chi connectivity index (χ2n) is 8.10. The van der Waals surface area contributed by atoms with Gasteiger partial charge < -0.3 is 15.5 Å². The lowest BCUT2D eigenvalue weighted by Crippen LogP contribution is -2.23. The van der Waals surface area contributed by atoms with E-state index in [1.54, 1.807) is 12.1 Å². The maximum Gasteiger partial charge on any atom is 0.117 e. The van der Waals surface area contributed by atoms with Gasteiger partial charge in [-0.3, -0.25) is 0 Å². The molecular weight excluding hydrogens is 358 g/mol. The van der Waals surface area contributed by atoms with Gasteiger partial charge >= 0.3 is 0 Å². The van der Waals surface area contributed by atoms with Crippen molar-refractivity contribution < 1.29 is 10.2 Å². The molecule has 0 radical (unpaired) electrons. The number of hydrogen-bond acceptors (Lipinski definition) is 3. The Labute approximate surface area is 173 Å². The van der Waals surface area contributed by atoms with Crippen molar-refractivity contribution in [3.05, 3.63) is 89.0 Å². The molecule has 1 aliphatic carbocycles. The van der Waals surface area contributed by atoms with Crippen molar-refractivity contribution in [2.75, 3.05) is 5.32 Å². The molecule has 0 fully saturated rings.